The first-order valence-corrected chi connectivity index (χ1v) is 15.2. The predicted molar refractivity (Wildman–Crippen MR) is 176 cm³/mol. The summed E-state index contributed by atoms with van der Waals surface area (Å²) >= 11 is 7.21. The lowest BCUT2D eigenvalue weighted by Crippen LogP contribution is -2.31. The molecule has 13 heteroatoms. The molecule has 0 spiro atoms. The van der Waals surface area contributed by atoms with Gasteiger partial charge in [-0.15, -0.1) is 18.3 Å². The maximum atomic E-state index is 12.4. The molecule has 1 atom stereocenters. The van der Waals surface area contributed by atoms with Gasteiger partial charge in [0.25, 0.3) is 0 Å². The van der Waals surface area contributed by atoms with Gasteiger partial charge in [-0.2, -0.15) is 10.1 Å². The molecule has 2 aliphatic heterocycles. The third-order valence-electron chi connectivity index (χ3n) is 7.29. The Balaban J connectivity index is 1.11. The van der Waals surface area contributed by atoms with Crippen LogP contribution in [0.15, 0.2) is 94.9 Å². The largest absolute Gasteiger partial charge is 0.573 e. The molecule has 8 nitrogen and oxygen atoms in total. The molecule has 0 radical (unpaired) electrons. The number of hydrogen-bond donors (Lipinski definition) is 1. The van der Waals surface area contributed by atoms with Crippen LogP contribution in [0.1, 0.15) is 43.4 Å². The van der Waals surface area contributed by atoms with E-state index in [0.717, 1.165) is 22.0 Å². The van der Waals surface area contributed by atoms with Gasteiger partial charge < -0.3 is 4.74 Å². The van der Waals surface area contributed by atoms with Crippen molar-refractivity contribution in [3.63, 3.8) is 0 Å². The van der Waals surface area contributed by atoms with Gasteiger partial charge in [0.15, 0.2) is 11.0 Å². The number of allylic oxidation sites excluding steroid dienone is 1. The fourth-order valence-corrected chi connectivity index (χ4v) is 6.49. The van der Waals surface area contributed by atoms with Crippen molar-refractivity contribution in [2.24, 2.45) is 10.1 Å². The smallest absolute Gasteiger partial charge is 0.406 e. The molecular formula is C32H28F3N7OS2. The number of fused-ring (bicyclic) bond motifs is 3. The standard InChI is InChI=1S/C32H28F3N7OS2/c1-19-5-14-25-20(2)16-27-31(3,4)45-30(42(27)26(25)15-19)38-29(44)39-37-17-21-6-8-22(9-7-21)28-36-18-41(40-28)23-10-12-24(13-11-23)43-32(33,34)35/h5-18,20H,1-4H3,(H,39,44)/b37-17+,38-30-. The van der Waals surface area contributed by atoms with E-state index < -0.39 is 6.36 Å². The highest BCUT2D eigenvalue weighted by Gasteiger charge is 2.44. The Bertz CT molecular complexity index is 1850. The Morgan fingerprint density at radius 2 is 1.82 bits per heavy atom. The second-order valence-electron chi connectivity index (χ2n) is 11.1. The quantitative estimate of drug-likeness (QED) is 0.135. The molecule has 0 bridgehead atoms. The van der Waals surface area contributed by atoms with Crippen LogP contribution in [-0.4, -0.2) is 42.4 Å². The lowest BCUT2D eigenvalue weighted by molar-refractivity contribution is -0.274. The van der Waals surface area contributed by atoms with Crippen LogP contribution in [0.3, 0.4) is 0 Å². The Kier molecular flexibility index (Phi) is 8.00. The van der Waals surface area contributed by atoms with Crippen molar-refractivity contribution in [2.75, 3.05) is 4.90 Å². The number of amidine groups is 1. The predicted octanol–water partition coefficient (Wildman–Crippen LogP) is 7.74. The van der Waals surface area contributed by atoms with Gasteiger partial charge in [-0.1, -0.05) is 61.2 Å². The van der Waals surface area contributed by atoms with Gasteiger partial charge in [-0.05, 0) is 80.0 Å². The minimum absolute atomic E-state index is 0.157. The van der Waals surface area contributed by atoms with Gasteiger partial charge in [0, 0.05) is 17.2 Å². The maximum absolute atomic E-state index is 12.4. The normalized spacial score (nSPS) is 18.1. The van der Waals surface area contributed by atoms with Crippen molar-refractivity contribution >= 4 is 46.2 Å². The average Bonchev–Trinajstić information content (AvgIpc) is 3.56. The number of nitrogens with one attached hydrogen (secondary N) is 1. The van der Waals surface area contributed by atoms with Gasteiger partial charge in [-0.25, -0.2) is 9.67 Å². The number of ether oxygens (including phenoxy) is 1. The summed E-state index contributed by atoms with van der Waals surface area (Å²) in [5, 5.41) is 9.78. The minimum atomic E-state index is -4.75. The van der Waals surface area contributed by atoms with Crippen LogP contribution in [0.5, 0.6) is 5.75 Å². The molecule has 3 heterocycles. The first-order chi connectivity index (χ1) is 21.4. The number of hydrazone groups is 1. The number of thiocarbonyl (C=S) groups is 1. The second-order valence-corrected chi connectivity index (χ2v) is 13.1. The van der Waals surface area contributed by atoms with E-state index in [0.29, 0.717) is 17.4 Å². The summed E-state index contributed by atoms with van der Waals surface area (Å²) in [6.45, 7) is 8.69. The molecule has 0 saturated carbocycles. The van der Waals surface area contributed by atoms with Crippen molar-refractivity contribution in [2.45, 2.75) is 44.7 Å². The fourth-order valence-electron chi connectivity index (χ4n) is 5.15. The first kappa shape index (κ1) is 30.5. The summed E-state index contributed by atoms with van der Waals surface area (Å²) in [7, 11) is 0. The Labute approximate surface area is 267 Å². The summed E-state index contributed by atoms with van der Waals surface area (Å²) in [6, 6.07) is 19.3. The number of anilines is 1. The molecule has 0 aliphatic carbocycles. The van der Waals surface area contributed by atoms with E-state index >= 15 is 0 Å². The summed E-state index contributed by atoms with van der Waals surface area (Å²) in [5.41, 5.74) is 9.76. The molecule has 1 aromatic heterocycles. The molecule has 3 aromatic carbocycles. The monoisotopic (exact) mass is 647 g/mol. The highest BCUT2D eigenvalue weighted by molar-refractivity contribution is 8.16. The van der Waals surface area contributed by atoms with E-state index in [2.05, 4.69) is 82.2 Å². The third-order valence-corrected chi connectivity index (χ3v) is 8.65. The van der Waals surface area contributed by atoms with Gasteiger partial charge in [-0.3, -0.25) is 10.3 Å². The van der Waals surface area contributed by atoms with Crippen LogP contribution in [0.2, 0.25) is 0 Å². The van der Waals surface area contributed by atoms with E-state index in [-0.39, 0.29) is 15.6 Å². The van der Waals surface area contributed by atoms with Crippen LogP contribution in [0, 0.1) is 6.92 Å². The zero-order chi connectivity index (χ0) is 31.9. The van der Waals surface area contributed by atoms with Crippen LogP contribution >= 0.6 is 24.0 Å². The molecule has 1 unspecified atom stereocenters. The summed E-state index contributed by atoms with van der Waals surface area (Å²) in [5.74, 6) is 0.455. The molecule has 4 aromatic rings. The molecule has 1 N–H and O–H groups in total. The minimum Gasteiger partial charge on any atom is -0.406 e. The zero-order valence-electron chi connectivity index (χ0n) is 24.7. The molecule has 2 aliphatic rings. The molecule has 6 rings (SSSR count). The summed E-state index contributed by atoms with van der Waals surface area (Å²) < 4.78 is 42.5. The number of hydrogen-bond acceptors (Lipinski definition) is 6. The average molecular weight is 648 g/mol. The van der Waals surface area contributed by atoms with Crippen LogP contribution in [0.4, 0.5) is 18.9 Å². The van der Waals surface area contributed by atoms with Crippen molar-refractivity contribution in [1.82, 2.24) is 20.2 Å². The molecular weight excluding hydrogens is 620 g/mol. The maximum Gasteiger partial charge on any atom is 0.573 e. The van der Waals surface area contributed by atoms with Crippen molar-refractivity contribution in [3.05, 3.63) is 102 Å². The van der Waals surface area contributed by atoms with Gasteiger partial charge in [0.2, 0.25) is 5.11 Å². The SMILES string of the molecule is Cc1ccc2c(c1)N1C(=CC2C)C(C)(C)S/C1=N\C(=S)N/N=C/c1ccc(-c2ncn(-c3ccc(OC(F)(F)F)cc3)n2)cc1. The highest BCUT2D eigenvalue weighted by Crippen LogP contribution is 2.51. The Morgan fingerprint density at radius 3 is 2.53 bits per heavy atom. The number of thioether (sulfide) groups is 1. The van der Waals surface area contributed by atoms with Gasteiger partial charge >= 0.3 is 6.36 Å². The molecule has 230 valence electrons. The van der Waals surface area contributed by atoms with E-state index in [1.165, 1.54) is 52.1 Å². The lowest BCUT2D eigenvalue weighted by atomic mass is 9.89. The number of rotatable bonds is 5. The third kappa shape index (κ3) is 6.64. The highest BCUT2D eigenvalue weighted by atomic mass is 32.2. The molecule has 45 heavy (non-hydrogen) atoms. The number of alkyl halides is 3. The van der Waals surface area contributed by atoms with Crippen LogP contribution in [-0.2, 0) is 0 Å². The Hall–Kier alpha value is -4.49. The topological polar surface area (TPSA) is 79.9 Å². The molecule has 0 amide bonds. The number of aliphatic imine (C=N–C) groups is 1. The van der Waals surface area contributed by atoms with Gasteiger partial charge in [0.1, 0.15) is 12.1 Å². The van der Waals surface area contributed by atoms with E-state index in [9.17, 15) is 13.2 Å². The number of aryl methyl sites for hydroxylation is 1. The van der Waals surface area contributed by atoms with Crippen molar-refractivity contribution in [3.8, 4) is 22.8 Å². The number of nitrogens with zero attached hydrogens (tertiary/aromatic N) is 6. The molecule has 1 saturated heterocycles. The zero-order valence-corrected chi connectivity index (χ0v) is 26.3. The van der Waals surface area contributed by atoms with E-state index in [1.807, 2.05) is 24.3 Å². The first-order valence-electron chi connectivity index (χ1n) is 14.0. The lowest BCUT2D eigenvalue weighted by Gasteiger charge is -2.33. The number of halogens is 3. The van der Waals surface area contributed by atoms with Crippen LogP contribution in [0.25, 0.3) is 17.1 Å². The number of benzene rings is 3. The summed E-state index contributed by atoms with van der Waals surface area (Å²) in [4.78, 5) is 11.3. The fraction of sp³-hybridized carbons (Fsp3) is 0.219. The summed E-state index contributed by atoms with van der Waals surface area (Å²) in [6.07, 6.45) is 0.691. The van der Waals surface area contributed by atoms with E-state index in [1.54, 1.807) is 18.0 Å². The number of aromatic nitrogens is 3. The van der Waals surface area contributed by atoms with Crippen molar-refractivity contribution in [1.29, 1.82) is 0 Å². The Morgan fingerprint density at radius 1 is 1.09 bits per heavy atom. The molecule has 1 fully saturated rings. The second kappa shape index (κ2) is 11.8. The van der Waals surface area contributed by atoms with E-state index in [4.69, 9.17) is 17.2 Å². The van der Waals surface area contributed by atoms with Crippen molar-refractivity contribution < 1.29 is 17.9 Å². The van der Waals surface area contributed by atoms with Crippen LogP contribution < -0.4 is 15.1 Å². The van der Waals surface area contributed by atoms with Gasteiger partial charge in [0.05, 0.1) is 22.3 Å².